The molecule has 2 aromatic rings. The molecule has 17 heteroatoms. The van der Waals surface area contributed by atoms with Crippen LogP contribution in [-0.4, -0.2) is 89.0 Å². The number of nitrogens with one attached hydrogen (secondary N) is 4. The monoisotopic (exact) mass is 800 g/mol. The molecule has 2 aliphatic rings. The number of nitrogens with zero attached hydrogens (tertiary/aromatic N) is 1. The van der Waals surface area contributed by atoms with Crippen LogP contribution in [0, 0.1) is 23.4 Å². The van der Waals surface area contributed by atoms with Gasteiger partial charge in [0.05, 0.1) is 24.3 Å². The molecule has 2 unspecified atom stereocenters. The number of carbonyl (C=O) groups is 7. The molecule has 0 radical (unpaired) electrons. The minimum atomic E-state index is -1.43. The highest BCUT2D eigenvalue weighted by molar-refractivity contribution is 6.38. The van der Waals surface area contributed by atoms with Crippen molar-refractivity contribution in [3.8, 4) is 0 Å². The Morgan fingerprint density at radius 2 is 1.56 bits per heavy atom. The molecule has 1 aliphatic carbocycles. The maximum atomic E-state index is 14.7. The second kappa shape index (κ2) is 19.7. The average molecular weight is 801 g/mol. The van der Waals surface area contributed by atoms with Crippen molar-refractivity contribution < 1.29 is 51.5 Å². The Hall–Kier alpha value is -5.32. The maximum absolute atomic E-state index is 14.7. The lowest BCUT2D eigenvalue weighted by Crippen LogP contribution is -2.58. The summed E-state index contributed by atoms with van der Waals surface area (Å²) in [5.41, 5.74) is 3.91. The van der Waals surface area contributed by atoms with Crippen molar-refractivity contribution in [3.05, 3.63) is 71.0 Å². The van der Waals surface area contributed by atoms with E-state index in [1.807, 2.05) is 0 Å². The first-order valence-electron chi connectivity index (χ1n) is 19.1. The number of halogens is 3. The molecule has 5 atom stereocenters. The van der Waals surface area contributed by atoms with E-state index < -0.39 is 113 Å². The van der Waals surface area contributed by atoms with Gasteiger partial charge in [0.25, 0.3) is 11.8 Å². The Bertz CT molecular complexity index is 1810. The molecule has 0 bridgehead atoms. The highest BCUT2D eigenvalue weighted by Crippen LogP contribution is 2.31. The van der Waals surface area contributed by atoms with Crippen LogP contribution in [0.2, 0.25) is 0 Å². The van der Waals surface area contributed by atoms with Gasteiger partial charge in [-0.2, -0.15) is 0 Å². The predicted molar refractivity (Wildman–Crippen MR) is 200 cm³/mol. The summed E-state index contributed by atoms with van der Waals surface area (Å²) in [6.07, 6.45) is 3.16. The number of rotatable bonds is 16. The second-order valence-electron chi connectivity index (χ2n) is 15.4. The predicted octanol–water partition coefficient (Wildman–Crippen LogP) is 2.88. The Labute approximate surface area is 329 Å². The molecule has 1 aliphatic heterocycles. The van der Waals surface area contributed by atoms with Gasteiger partial charge in [-0.1, -0.05) is 50.8 Å². The summed E-state index contributed by atoms with van der Waals surface area (Å²) in [4.78, 5) is 94.2. The smallest absolute Gasteiger partial charge is 0.290 e. The number of carbonyl (C=O) groups excluding carboxylic acids is 7. The highest BCUT2D eigenvalue weighted by atomic mass is 19.1. The van der Waals surface area contributed by atoms with Crippen molar-refractivity contribution in [2.45, 2.75) is 115 Å². The standard InChI is InChI=1S/C40H51F3N6O8/c1-5-11-28(34(51)38(55)45-20-30(50)47-32(35(44)52)23-14-9-15-24(41)18-23)46-36(53)29-19-25(57-40(2,3)4)21-49(29)39(56)33(22-12-7-6-8-13-22)48-37(54)31-26(42)16-10-17-27(31)43/h9-10,14-18,22,25,28-29,32-33H,5-8,11-13,19-21H2,1-4H3,(H2,44,52)(H,45,55)(H,46,53)(H,47,50)(H,48,54)/t25-,28?,29+,32?,33+/m1/s1. The van der Waals surface area contributed by atoms with Gasteiger partial charge >= 0.3 is 0 Å². The normalized spacial score (nSPS) is 18.8. The van der Waals surface area contributed by atoms with Crippen molar-refractivity contribution in [3.63, 3.8) is 0 Å². The molecule has 2 fully saturated rings. The summed E-state index contributed by atoms with van der Waals surface area (Å²) in [6, 6.07) is 2.52. The van der Waals surface area contributed by atoms with Crippen LogP contribution < -0.4 is 27.0 Å². The molecule has 0 spiro atoms. The lowest BCUT2D eigenvalue weighted by Gasteiger charge is -2.35. The first-order valence-corrected chi connectivity index (χ1v) is 19.1. The van der Waals surface area contributed by atoms with Crippen LogP contribution in [0.5, 0.6) is 0 Å². The van der Waals surface area contributed by atoms with Gasteiger partial charge in [0.15, 0.2) is 0 Å². The van der Waals surface area contributed by atoms with E-state index >= 15 is 0 Å². The van der Waals surface area contributed by atoms with Gasteiger partial charge < -0.3 is 36.6 Å². The molecule has 0 aromatic heterocycles. The first kappa shape index (κ1) is 44.4. The summed E-state index contributed by atoms with van der Waals surface area (Å²) < 4.78 is 49.2. The first-order chi connectivity index (χ1) is 26.9. The van der Waals surface area contributed by atoms with Crippen LogP contribution >= 0.6 is 0 Å². The van der Waals surface area contributed by atoms with Crippen LogP contribution in [0.1, 0.15) is 101 Å². The fourth-order valence-corrected chi connectivity index (χ4v) is 7.28. The zero-order valence-corrected chi connectivity index (χ0v) is 32.5. The molecule has 1 saturated heterocycles. The zero-order valence-electron chi connectivity index (χ0n) is 32.5. The van der Waals surface area contributed by atoms with Gasteiger partial charge in [-0.25, -0.2) is 13.2 Å². The molecule has 2 aromatic carbocycles. The third-order valence-electron chi connectivity index (χ3n) is 9.85. The molecule has 57 heavy (non-hydrogen) atoms. The topological polar surface area (TPSA) is 206 Å². The fraction of sp³-hybridized carbons (Fsp3) is 0.525. The number of primary amides is 1. The number of hydrogen-bond donors (Lipinski definition) is 5. The summed E-state index contributed by atoms with van der Waals surface area (Å²) in [5.74, 6) is -10.1. The van der Waals surface area contributed by atoms with E-state index in [2.05, 4.69) is 21.3 Å². The Balaban J connectivity index is 1.51. The Morgan fingerprint density at radius 1 is 0.912 bits per heavy atom. The number of ether oxygens (including phenoxy) is 1. The molecule has 310 valence electrons. The molecule has 4 rings (SSSR count). The van der Waals surface area contributed by atoms with E-state index in [-0.39, 0.29) is 24.9 Å². The lowest BCUT2D eigenvalue weighted by atomic mass is 9.83. The lowest BCUT2D eigenvalue weighted by molar-refractivity contribution is -0.143. The number of nitrogens with two attached hydrogens (primary N) is 1. The van der Waals surface area contributed by atoms with Crippen LogP contribution in [0.15, 0.2) is 42.5 Å². The summed E-state index contributed by atoms with van der Waals surface area (Å²) in [7, 11) is 0. The van der Waals surface area contributed by atoms with E-state index in [1.54, 1.807) is 27.7 Å². The number of ketones is 1. The molecule has 1 saturated carbocycles. The summed E-state index contributed by atoms with van der Waals surface area (Å²) >= 11 is 0. The molecular formula is C40H51F3N6O8. The van der Waals surface area contributed by atoms with Crippen molar-refractivity contribution >= 4 is 41.2 Å². The number of Topliss-reactive ketones (excluding diaryl/α,β-unsaturated/α-hetero) is 1. The van der Waals surface area contributed by atoms with Crippen LogP contribution in [0.3, 0.4) is 0 Å². The second-order valence-corrected chi connectivity index (χ2v) is 15.4. The SMILES string of the molecule is CCCC(NC(=O)[C@@H]1C[C@@H](OC(C)(C)C)CN1C(=O)[C@@H](NC(=O)c1c(F)cccc1F)C1CCCCC1)C(=O)C(=O)NCC(=O)NC(C(N)=O)c1cccc(F)c1. The largest absolute Gasteiger partial charge is 0.371 e. The molecule has 1 heterocycles. The van der Waals surface area contributed by atoms with E-state index in [4.69, 9.17) is 10.5 Å². The Morgan fingerprint density at radius 3 is 2.16 bits per heavy atom. The minimum absolute atomic E-state index is 0.00502. The number of hydrogen-bond acceptors (Lipinski definition) is 8. The van der Waals surface area contributed by atoms with Crippen molar-refractivity contribution in [1.29, 1.82) is 0 Å². The average Bonchev–Trinajstić information content (AvgIpc) is 3.57. The molecular weight excluding hydrogens is 749 g/mol. The van der Waals surface area contributed by atoms with E-state index in [0.717, 1.165) is 49.6 Å². The van der Waals surface area contributed by atoms with Gasteiger partial charge in [-0.05, 0) is 75.8 Å². The number of likely N-dealkylation sites (tertiary alicyclic amines) is 1. The Kier molecular flexibility index (Phi) is 15.3. The van der Waals surface area contributed by atoms with Gasteiger partial charge in [-0.3, -0.25) is 33.6 Å². The van der Waals surface area contributed by atoms with Gasteiger partial charge in [0.1, 0.15) is 41.1 Å². The van der Waals surface area contributed by atoms with Crippen molar-refractivity contribution in [2.24, 2.45) is 11.7 Å². The third kappa shape index (κ3) is 12.1. The number of amides is 6. The number of benzene rings is 2. The fourth-order valence-electron chi connectivity index (χ4n) is 7.28. The third-order valence-corrected chi connectivity index (χ3v) is 9.85. The summed E-state index contributed by atoms with van der Waals surface area (Å²) in [5, 5.41) is 9.60. The zero-order chi connectivity index (χ0) is 42.0. The maximum Gasteiger partial charge on any atom is 0.290 e. The quantitative estimate of drug-likeness (QED) is 0.159. The van der Waals surface area contributed by atoms with E-state index in [0.29, 0.717) is 19.3 Å². The van der Waals surface area contributed by atoms with Crippen LogP contribution in [0.25, 0.3) is 0 Å². The van der Waals surface area contributed by atoms with Crippen molar-refractivity contribution in [2.75, 3.05) is 13.1 Å². The van der Waals surface area contributed by atoms with Gasteiger partial charge in [-0.15, -0.1) is 0 Å². The van der Waals surface area contributed by atoms with Crippen LogP contribution in [0.4, 0.5) is 13.2 Å². The molecule has 6 amide bonds. The van der Waals surface area contributed by atoms with Crippen LogP contribution in [-0.2, 0) is 33.5 Å². The summed E-state index contributed by atoms with van der Waals surface area (Å²) in [6.45, 7) is 6.26. The molecule has 6 N–H and O–H groups in total. The van der Waals surface area contributed by atoms with Gasteiger partial charge in [0.2, 0.25) is 29.4 Å². The van der Waals surface area contributed by atoms with E-state index in [1.165, 1.54) is 17.0 Å². The van der Waals surface area contributed by atoms with Gasteiger partial charge in [0, 0.05) is 13.0 Å². The van der Waals surface area contributed by atoms with Crippen molar-refractivity contribution in [1.82, 2.24) is 26.2 Å². The highest BCUT2D eigenvalue weighted by Gasteiger charge is 2.46. The minimum Gasteiger partial charge on any atom is -0.371 e. The van der Waals surface area contributed by atoms with E-state index in [9.17, 15) is 46.7 Å². The molecule has 14 nitrogen and oxygen atoms in total.